The van der Waals surface area contributed by atoms with Crippen molar-refractivity contribution < 1.29 is 23.7 Å². The largest absolute Gasteiger partial charge is 0.508 e. The highest BCUT2D eigenvalue weighted by atomic mass is 19.1. The molecule has 2 N–H and O–H groups in total. The molecule has 2 unspecified atom stereocenters. The van der Waals surface area contributed by atoms with E-state index in [1.54, 1.807) is 12.3 Å². The zero-order chi connectivity index (χ0) is 29.4. The molecule has 0 bridgehead atoms. The summed E-state index contributed by atoms with van der Waals surface area (Å²) in [7, 11) is 1.44. The molecule has 2 aromatic heterocycles. The fourth-order valence-corrected chi connectivity index (χ4v) is 6.74. The molecular formula is C32H37F2N5O3. The van der Waals surface area contributed by atoms with Crippen LogP contribution in [0, 0.1) is 11.6 Å². The van der Waals surface area contributed by atoms with Gasteiger partial charge in [-0.3, -0.25) is 9.88 Å². The standard InChI is InChI=1S/C25H24F2N4O2.C7H13NO/c1-3-16-19(26)8-7-14-11-15(32)12-17(20(14)16)22-21(27)23-18(13-28-22)24(30-25(29-23)33-2)31-9-5-4-6-10-31;9-7-4-6-2-1-3-8(6)5-7/h7-8,11-13,32H,3-6,9-10H2,1-2H3;6-7,9H,1-5H2. The molecule has 0 spiro atoms. The Kier molecular flexibility index (Phi) is 8.09. The van der Waals surface area contributed by atoms with Gasteiger partial charge in [0.25, 0.3) is 0 Å². The number of aliphatic hydroxyl groups is 1. The number of nitrogens with zero attached hydrogens (tertiary/aromatic N) is 5. The third-order valence-corrected chi connectivity index (χ3v) is 8.73. The van der Waals surface area contributed by atoms with Crippen molar-refractivity contribution in [3.8, 4) is 23.0 Å². The van der Waals surface area contributed by atoms with Gasteiger partial charge in [0, 0.05) is 37.4 Å². The SMILES string of the molecule is CCc1c(F)ccc2cc(O)cc(-c3ncc4c(N5CCCCC5)nc(OC)nc4c3F)c12.OC1CC2CCCN2C1. The number of aryl methyl sites for hydroxylation is 1. The van der Waals surface area contributed by atoms with Crippen LogP contribution < -0.4 is 9.64 Å². The fraction of sp³-hybridized carbons (Fsp3) is 0.469. The van der Waals surface area contributed by atoms with E-state index in [1.807, 2.05) is 6.92 Å². The van der Waals surface area contributed by atoms with Crippen molar-refractivity contribution in [1.29, 1.82) is 0 Å². The van der Waals surface area contributed by atoms with E-state index in [2.05, 4.69) is 24.8 Å². The Labute approximate surface area is 244 Å². The number of ether oxygens (including phenoxy) is 1. The Morgan fingerprint density at radius 3 is 2.60 bits per heavy atom. The van der Waals surface area contributed by atoms with Gasteiger partial charge in [-0.1, -0.05) is 13.0 Å². The smallest absolute Gasteiger partial charge is 0.318 e. The summed E-state index contributed by atoms with van der Waals surface area (Å²) in [6.07, 6.45) is 8.84. The van der Waals surface area contributed by atoms with E-state index in [0.717, 1.165) is 51.4 Å². The molecule has 2 atom stereocenters. The maximum absolute atomic E-state index is 16.0. The van der Waals surface area contributed by atoms with Gasteiger partial charge in [0.2, 0.25) is 0 Å². The van der Waals surface area contributed by atoms with Gasteiger partial charge in [0.15, 0.2) is 5.82 Å². The number of anilines is 1. The monoisotopic (exact) mass is 577 g/mol. The minimum absolute atomic E-state index is 0.00551. The minimum atomic E-state index is -0.662. The molecule has 0 aliphatic carbocycles. The van der Waals surface area contributed by atoms with E-state index in [-0.39, 0.29) is 34.9 Å². The Bertz CT molecular complexity index is 1600. The van der Waals surface area contributed by atoms with E-state index in [1.165, 1.54) is 44.7 Å². The molecule has 10 heteroatoms. The predicted molar refractivity (Wildman–Crippen MR) is 159 cm³/mol. The number of aromatic hydroxyl groups is 1. The van der Waals surface area contributed by atoms with Crippen LogP contribution in [0.15, 0.2) is 30.5 Å². The van der Waals surface area contributed by atoms with Crippen LogP contribution in [0.2, 0.25) is 0 Å². The second-order valence-electron chi connectivity index (χ2n) is 11.4. The first-order chi connectivity index (χ1) is 20.4. The summed E-state index contributed by atoms with van der Waals surface area (Å²) in [5.74, 6) is -0.503. The van der Waals surface area contributed by atoms with Crippen LogP contribution in [0.1, 0.15) is 51.0 Å². The molecule has 7 rings (SSSR count). The average molecular weight is 578 g/mol. The molecule has 5 heterocycles. The summed E-state index contributed by atoms with van der Waals surface area (Å²) in [5, 5.41) is 21.1. The summed E-state index contributed by atoms with van der Waals surface area (Å²) in [6, 6.07) is 6.70. The van der Waals surface area contributed by atoms with Crippen LogP contribution in [-0.4, -0.2) is 75.5 Å². The fourth-order valence-electron chi connectivity index (χ4n) is 6.74. The minimum Gasteiger partial charge on any atom is -0.508 e. The van der Waals surface area contributed by atoms with Gasteiger partial charge in [-0.05, 0) is 86.0 Å². The molecule has 0 amide bonds. The summed E-state index contributed by atoms with van der Waals surface area (Å²) in [6.45, 7) is 5.62. The third-order valence-electron chi connectivity index (χ3n) is 8.73. The second kappa shape index (κ2) is 11.9. The number of pyridine rings is 1. The van der Waals surface area contributed by atoms with Gasteiger partial charge in [-0.25, -0.2) is 8.78 Å². The van der Waals surface area contributed by atoms with Crippen molar-refractivity contribution in [3.05, 3.63) is 47.7 Å². The van der Waals surface area contributed by atoms with Crippen LogP contribution in [-0.2, 0) is 6.42 Å². The van der Waals surface area contributed by atoms with Crippen LogP contribution in [0.4, 0.5) is 14.6 Å². The van der Waals surface area contributed by atoms with Crippen molar-refractivity contribution in [2.75, 3.05) is 38.2 Å². The first-order valence-electron chi connectivity index (χ1n) is 14.9. The molecule has 8 nitrogen and oxygen atoms in total. The number of phenols is 1. The molecule has 222 valence electrons. The predicted octanol–water partition coefficient (Wildman–Crippen LogP) is 5.61. The van der Waals surface area contributed by atoms with Crippen molar-refractivity contribution in [3.63, 3.8) is 0 Å². The van der Waals surface area contributed by atoms with Crippen LogP contribution in [0.25, 0.3) is 32.9 Å². The lowest BCUT2D eigenvalue weighted by molar-refractivity contribution is 0.177. The van der Waals surface area contributed by atoms with Gasteiger partial charge in [-0.15, -0.1) is 0 Å². The van der Waals surface area contributed by atoms with Crippen molar-refractivity contribution in [2.45, 2.75) is 64.0 Å². The summed E-state index contributed by atoms with van der Waals surface area (Å²) < 4.78 is 35.9. The molecule has 0 saturated carbocycles. The van der Waals surface area contributed by atoms with Gasteiger partial charge in [-0.2, -0.15) is 9.97 Å². The molecule has 3 saturated heterocycles. The van der Waals surface area contributed by atoms with E-state index in [9.17, 15) is 14.6 Å². The second-order valence-corrected chi connectivity index (χ2v) is 11.4. The first-order valence-corrected chi connectivity index (χ1v) is 14.9. The highest BCUT2D eigenvalue weighted by Crippen LogP contribution is 2.39. The van der Waals surface area contributed by atoms with Crippen LogP contribution in [0.3, 0.4) is 0 Å². The Morgan fingerprint density at radius 1 is 1.05 bits per heavy atom. The maximum Gasteiger partial charge on any atom is 0.318 e. The molecule has 3 aliphatic rings. The van der Waals surface area contributed by atoms with Crippen molar-refractivity contribution in [1.82, 2.24) is 19.9 Å². The van der Waals surface area contributed by atoms with Crippen molar-refractivity contribution in [2.24, 2.45) is 0 Å². The highest BCUT2D eigenvalue weighted by Gasteiger charge is 2.33. The molecule has 3 fully saturated rings. The maximum atomic E-state index is 16.0. The number of hydrogen-bond donors (Lipinski definition) is 2. The molecule has 3 aliphatic heterocycles. The lowest BCUT2D eigenvalue weighted by Crippen LogP contribution is -2.30. The molecule has 42 heavy (non-hydrogen) atoms. The molecule has 2 aromatic carbocycles. The third kappa shape index (κ3) is 5.33. The van der Waals surface area contributed by atoms with Crippen LogP contribution in [0.5, 0.6) is 11.8 Å². The lowest BCUT2D eigenvalue weighted by Gasteiger charge is -2.28. The normalized spacial score (nSPS) is 20.5. The van der Waals surface area contributed by atoms with Gasteiger partial charge in [0.05, 0.1) is 18.6 Å². The number of aromatic nitrogens is 3. The first kappa shape index (κ1) is 28.5. The molecular weight excluding hydrogens is 540 g/mol. The number of halogens is 2. The number of methoxy groups -OCH3 is 1. The molecule has 4 aromatic rings. The Morgan fingerprint density at radius 2 is 1.86 bits per heavy atom. The summed E-state index contributed by atoms with van der Waals surface area (Å²) in [5.41, 5.74) is 0.836. The van der Waals surface area contributed by atoms with Gasteiger partial charge >= 0.3 is 6.01 Å². The zero-order valence-electron chi connectivity index (χ0n) is 24.1. The average Bonchev–Trinajstić information content (AvgIpc) is 3.58. The number of aliphatic hydroxyl groups excluding tert-OH is 1. The number of hydrogen-bond acceptors (Lipinski definition) is 8. The van der Waals surface area contributed by atoms with Crippen LogP contribution >= 0.6 is 0 Å². The Balaban J connectivity index is 0.000000296. The lowest BCUT2D eigenvalue weighted by atomic mass is 9.94. The van der Waals surface area contributed by atoms with Crippen molar-refractivity contribution >= 4 is 27.5 Å². The molecule has 0 radical (unpaired) electrons. The summed E-state index contributed by atoms with van der Waals surface area (Å²) in [4.78, 5) is 17.7. The number of benzene rings is 2. The highest BCUT2D eigenvalue weighted by molar-refractivity contribution is 6.01. The zero-order valence-corrected chi connectivity index (χ0v) is 24.1. The number of rotatable bonds is 4. The van der Waals surface area contributed by atoms with E-state index in [0.29, 0.717) is 39.5 Å². The van der Waals surface area contributed by atoms with E-state index < -0.39 is 5.82 Å². The Hall–Kier alpha value is -3.63. The van der Waals surface area contributed by atoms with Gasteiger partial charge in [0.1, 0.15) is 28.6 Å². The quantitative estimate of drug-likeness (QED) is 0.324. The summed E-state index contributed by atoms with van der Waals surface area (Å²) >= 11 is 0. The van der Waals surface area contributed by atoms with E-state index >= 15 is 4.39 Å². The number of piperidine rings is 1. The van der Waals surface area contributed by atoms with E-state index in [4.69, 9.17) is 4.74 Å². The van der Waals surface area contributed by atoms with Gasteiger partial charge < -0.3 is 19.8 Å². The number of phenolic OH excluding ortho intramolecular Hbond substituents is 1. The number of fused-ring (bicyclic) bond motifs is 3. The topological polar surface area (TPSA) is 94.8 Å².